The molecule has 0 aliphatic carbocycles. The fourth-order valence-electron chi connectivity index (χ4n) is 1.66. The Balaban J connectivity index is 2.63. The van der Waals surface area contributed by atoms with Gasteiger partial charge in [-0.1, -0.05) is 13.0 Å². The number of benzene rings is 1. The van der Waals surface area contributed by atoms with E-state index in [0.29, 0.717) is 5.56 Å². The van der Waals surface area contributed by atoms with E-state index >= 15 is 0 Å². The van der Waals surface area contributed by atoms with Crippen molar-refractivity contribution in [3.05, 3.63) is 52.2 Å². The first-order valence-corrected chi connectivity index (χ1v) is 5.06. The number of nitrogens with zero attached hydrogens (tertiary/aromatic N) is 2. The van der Waals surface area contributed by atoms with Crippen molar-refractivity contribution in [3.63, 3.8) is 0 Å². The lowest BCUT2D eigenvalue weighted by atomic mass is 10.2. The van der Waals surface area contributed by atoms with Gasteiger partial charge in [-0.05, 0) is 24.6 Å². The van der Waals surface area contributed by atoms with Gasteiger partial charge >= 0.3 is 5.69 Å². The van der Waals surface area contributed by atoms with Crippen LogP contribution in [0.2, 0.25) is 0 Å². The number of hydrogen-bond donors (Lipinski definition) is 1. The Kier molecular flexibility index (Phi) is 2.61. The Morgan fingerprint density at radius 1 is 1.50 bits per heavy atom. The zero-order chi connectivity index (χ0) is 11.5. The number of aryl methyl sites for hydroxylation is 1. The molecule has 16 heavy (non-hydrogen) atoms. The van der Waals surface area contributed by atoms with Gasteiger partial charge in [-0.15, -0.1) is 0 Å². The molecule has 0 aliphatic rings. The molecule has 0 unspecified atom stereocenters. The van der Waals surface area contributed by atoms with Gasteiger partial charge in [0.15, 0.2) is 0 Å². The molecule has 80 valence electrons. The molecule has 0 atom stereocenters. The second-order valence-corrected chi connectivity index (χ2v) is 3.44. The summed E-state index contributed by atoms with van der Waals surface area (Å²) in [6.45, 7) is 1.98. The summed E-state index contributed by atoms with van der Waals surface area (Å²) in [6, 6.07) is 9.06. The molecule has 1 heterocycles. The van der Waals surface area contributed by atoms with Crippen LogP contribution in [0.1, 0.15) is 18.2 Å². The summed E-state index contributed by atoms with van der Waals surface area (Å²) in [7, 11) is 0. The summed E-state index contributed by atoms with van der Waals surface area (Å²) in [5, 5.41) is 8.81. The standard InChI is InChI=1S/C12H11N3O/c1-2-10-8-14-12(16)15(10)11-5-3-4-9(6-11)7-13/h3-6,8H,2H2,1H3,(H,14,16). The predicted molar refractivity (Wildman–Crippen MR) is 60.5 cm³/mol. The minimum Gasteiger partial charge on any atom is -0.312 e. The van der Waals surface area contributed by atoms with E-state index in [1.807, 2.05) is 13.0 Å². The van der Waals surface area contributed by atoms with Gasteiger partial charge in [-0.2, -0.15) is 5.26 Å². The van der Waals surface area contributed by atoms with E-state index in [9.17, 15) is 4.79 Å². The number of nitriles is 1. The third-order valence-electron chi connectivity index (χ3n) is 2.45. The van der Waals surface area contributed by atoms with Crippen molar-refractivity contribution >= 4 is 0 Å². The molecule has 0 spiro atoms. The summed E-state index contributed by atoms with van der Waals surface area (Å²) in [5.74, 6) is 0. The summed E-state index contributed by atoms with van der Waals surface area (Å²) in [4.78, 5) is 14.3. The van der Waals surface area contributed by atoms with Gasteiger partial charge in [0.25, 0.3) is 0 Å². The minimum absolute atomic E-state index is 0.174. The molecule has 0 amide bonds. The average Bonchev–Trinajstić information content (AvgIpc) is 2.70. The number of aromatic nitrogens is 2. The quantitative estimate of drug-likeness (QED) is 0.823. The van der Waals surface area contributed by atoms with Gasteiger partial charge in [-0.25, -0.2) is 4.79 Å². The Morgan fingerprint density at radius 3 is 3.00 bits per heavy atom. The molecule has 2 aromatic rings. The van der Waals surface area contributed by atoms with Gasteiger partial charge in [0.05, 0.1) is 17.3 Å². The summed E-state index contributed by atoms with van der Waals surface area (Å²) < 4.78 is 1.58. The van der Waals surface area contributed by atoms with Gasteiger partial charge in [0.2, 0.25) is 0 Å². The van der Waals surface area contributed by atoms with E-state index < -0.39 is 0 Å². The fraction of sp³-hybridized carbons (Fsp3) is 0.167. The minimum atomic E-state index is -0.174. The average molecular weight is 213 g/mol. The zero-order valence-corrected chi connectivity index (χ0v) is 8.90. The number of H-pyrrole nitrogens is 1. The van der Waals surface area contributed by atoms with Crippen molar-refractivity contribution in [1.29, 1.82) is 5.26 Å². The van der Waals surface area contributed by atoms with Crippen molar-refractivity contribution in [3.8, 4) is 11.8 Å². The number of hydrogen-bond acceptors (Lipinski definition) is 2. The van der Waals surface area contributed by atoms with Crippen LogP contribution in [-0.2, 0) is 6.42 Å². The van der Waals surface area contributed by atoms with Gasteiger partial charge < -0.3 is 4.98 Å². The second-order valence-electron chi connectivity index (χ2n) is 3.44. The molecule has 0 fully saturated rings. The molecular formula is C12H11N3O. The summed E-state index contributed by atoms with van der Waals surface area (Å²) >= 11 is 0. The lowest BCUT2D eigenvalue weighted by Gasteiger charge is -2.05. The molecule has 1 N–H and O–H groups in total. The summed E-state index contributed by atoms with van der Waals surface area (Å²) in [5.41, 5.74) is 2.00. The normalized spacial score (nSPS) is 10.0. The van der Waals surface area contributed by atoms with Crippen LogP contribution in [0.25, 0.3) is 5.69 Å². The van der Waals surface area contributed by atoms with Crippen molar-refractivity contribution in [2.24, 2.45) is 0 Å². The molecule has 1 aromatic heterocycles. The van der Waals surface area contributed by atoms with Crippen LogP contribution in [0.3, 0.4) is 0 Å². The molecule has 4 heteroatoms. The Bertz CT molecular complexity index is 601. The first-order valence-electron chi connectivity index (χ1n) is 5.06. The molecular weight excluding hydrogens is 202 g/mol. The van der Waals surface area contributed by atoms with E-state index in [2.05, 4.69) is 11.1 Å². The molecule has 0 aliphatic heterocycles. The van der Waals surface area contributed by atoms with E-state index in [0.717, 1.165) is 17.8 Å². The maximum Gasteiger partial charge on any atom is 0.330 e. The highest BCUT2D eigenvalue weighted by molar-refractivity contribution is 5.42. The van der Waals surface area contributed by atoms with Gasteiger partial charge in [0.1, 0.15) is 0 Å². The van der Waals surface area contributed by atoms with Gasteiger partial charge in [-0.3, -0.25) is 4.57 Å². The van der Waals surface area contributed by atoms with E-state index in [1.165, 1.54) is 0 Å². The van der Waals surface area contributed by atoms with Crippen molar-refractivity contribution in [2.75, 3.05) is 0 Å². The highest BCUT2D eigenvalue weighted by Gasteiger charge is 2.06. The van der Waals surface area contributed by atoms with Crippen molar-refractivity contribution in [2.45, 2.75) is 13.3 Å². The second kappa shape index (κ2) is 4.07. The largest absolute Gasteiger partial charge is 0.330 e. The highest BCUT2D eigenvalue weighted by Crippen LogP contribution is 2.10. The van der Waals surface area contributed by atoms with E-state index in [4.69, 9.17) is 5.26 Å². The lowest BCUT2D eigenvalue weighted by molar-refractivity contribution is 0.899. The van der Waals surface area contributed by atoms with Crippen molar-refractivity contribution < 1.29 is 0 Å². The molecule has 0 radical (unpaired) electrons. The predicted octanol–water partition coefficient (Wildman–Crippen LogP) is 1.60. The molecule has 0 bridgehead atoms. The van der Waals surface area contributed by atoms with Crippen LogP contribution in [0.4, 0.5) is 0 Å². The summed E-state index contributed by atoms with van der Waals surface area (Å²) in [6.07, 6.45) is 2.46. The van der Waals surface area contributed by atoms with E-state index in [-0.39, 0.29) is 5.69 Å². The Morgan fingerprint density at radius 2 is 2.31 bits per heavy atom. The maximum absolute atomic E-state index is 11.6. The monoisotopic (exact) mass is 213 g/mol. The number of rotatable bonds is 2. The lowest BCUT2D eigenvalue weighted by Crippen LogP contribution is -2.16. The number of nitrogens with one attached hydrogen (secondary N) is 1. The first kappa shape index (κ1) is 10.2. The molecule has 0 saturated heterocycles. The smallest absolute Gasteiger partial charge is 0.312 e. The van der Waals surface area contributed by atoms with Crippen molar-refractivity contribution in [1.82, 2.24) is 9.55 Å². The van der Waals surface area contributed by atoms with Crippen LogP contribution < -0.4 is 5.69 Å². The topological polar surface area (TPSA) is 61.6 Å². The zero-order valence-electron chi connectivity index (χ0n) is 8.90. The third kappa shape index (κ3) is 1.63. The third-order valence-corrected chi connectivity index (χ3v) is 2.45. The fourth-order valence-corrected chi connectivity index (χ4v) is 1.66. The van der Waals surface area contributed by atoms with Crippen LogP contribution in [0.5, 0.6) is 0 Å². The van der Waals surface area contributed by atoms with Crippen LogP contribution in [-0.4, -0.2) is 9.55 Å². The molecule has 2 rings (SSSR count). The van der Waals surface area contributed by atoms with Crippen LogP contribution >= 0.6 is 0 Å². The van der Waals surface area contributed by atoms with Gasteiger partial charge in [0, 0.05) is 11.9 Å². The molecule has 1 aromatic carbocycles. The molecule has 4 nitrogen and oxygen atoms in total. The molecule has 0 saturated carbocycles. The first-order chi connectivity index (χ1) is 7.76. The van der Waals surface area contributed by atoms with Crippen LogP contribution in [0.15, 0.2) is 35.3 Å². The number of imidazole rings is 1. The number of aromatic amines is 1. The Labute approximate surface area is 92.8 Å². The van der Waals surface area contributed by atoms with E-state index in [1.54, 1.807) is 29.0 Å². The maximum atomic E-state index is 11.6. The Hall–Kier alpha value is -2.28. The highest BCUT2D eigenvalue weighted by atomic mass is 16.1. The van der Waals surface area contributed by atoms with Crippen LogP contribution in [0, 0.1) is 11.3 Å². The SMILES string of the molecule is CCc1c[nH]c(=O)n1-c1cccc(C#N)c1.